The molecule has 76 valence electrons. The molecule has 15 heavy (non-hydrogen) atoms. The summed E-state index contributed by atoms with van der Waals surface area (Å²) in [5, 5.41) is 12.6. The van der Waals surface area contributed by atoms with Crippen LogP contribution in [0.2, 0.25) is 0 Å². The Balaban J connectivity index is 2.57. The molecule has 0 aliphatic heterocycles. The maximum absolute atomic E-state index is 10.8. The third-order valence-electron chi connectivity index (χ3n) is 1.90. The fourth-order valence-corrected chi connectivity index (χ4v) is 2.54. The van der Waals surface area contributed by atoms with E-state index >= 15 is 0 Å². The molecule has 2 aromatic rings. The van der Waals surface area contributed by atoms with Gasteiger partial charge in [0.1, 0.15) is 0 Å². The van der Waals surface area contributed by atoms with Crippen molar-refractivity contribution in [3.05, 3.63) is 39.8 Å². The number of nitro groups is 1. The first-order valence-corrected chi connectivity index (χ1v) is 6.22. The summed E-state index contributed by atoms with van der Waals surface area (Å²) in [5.74, 6) is 0. The minimum absolute atomic E-state index is 0.107. The maximum atomic E-state index is 10.8. The van der Waals surface area contributed by atoms with Gasteiger partial charge in [0.15, 0.2) is 0 Å². The van der Waals surface area contributed by atoms with Crippen molar-refractivity contribution in [3.63, 3.8) is 0 Å². The van der Waals surface area contributed by atoms with E-state index in [2.05, 4.69) is 4.98 Å². The molecular weight excluding hydrogens is 275 g/mol. The van der Waals surface area contributed by atoms with Crippen LogP contribution in [0, 0.1) is 10.1 Å². The van der Waals surface area contributed by atoms with Gasteiger partial charge >= 0.3 is 98.6 Å². The van der Waals surface area contributed by atoms with Crippen molar-refractivity contribution in [2.45, 2.75) is 0 Å². The van der Waals surface area contributed by atoms with Crippen LogP contribution in [-0.2, 0) is 0 Å². The van der Waals surface area contributed by atoms with Gasteiger partial charge in [0, 0.05) is 0 Å². The number of para-hydroxylation sites is 1. The van der Waals surface area contributed by atoms with E-state index in [-0.39, 0.29) is 10.6 Å². The van der Waals surface area contributed by atoms with Gasteiger partial charge in [-0.15, -0.1) is 0 Å². The Kier molecular flexibility index (Phi) is 2.84. The molecule has 0 bridgehead atoms. The van der Waals surface area contributed by atoms with Gasteiger partial charge in [0.2, 0.25) is 0 Å². The molecule has 0 spiro atoms. The fourth-order valence-electron chi connectivity index (χ4n) is 1.26. The van der Waals surface area contributed by atoms with Gasteiger partial charge in [-0.1, -0.05) is 0 Å². The van der Waals surface area contributed by atoms with E-state index in [1.54, 1.807) is 18.2 Å². The van der Waals surface area contributed by atoms with E-state index in [0.29, 0.717) is 11.3 Å². The molecule has 0 N–H and O–H groups in total. The summed E-state index contributed by atoms with van der Waals surface area (Å²) in [6.07, 6.45) is 0. The molecule has 2 rings (SSSR count). The molecule has 0 aliphatic rings. The average molecular weight is 282 g/mol. The minimum atomic E-state index is -0.380. The second-order valence-corrected chi connectivity index (χ2v) is 5.76. The Bertz CT molecular complexity index is 512. The summed E-state index contributed by atoms with van der Waals surface area (Å²) >= 11 is 2.94. The molecule has 1 aromatic carbocycles. The molecule has 4 nitrogen and oxygen atoms in total. The van der Waals surface area contributed by atoms with Gasteiger partial charge < -0.3 is 0 Å². The number of aromatic nitrogens is 1. The summed E-state index contributed by atoms with van der Waals surface area (Å²) in [6, 6.07) is 6.65. The normalized spacial score (nSPS) is 10.2. The molecule has 0 amide bonds. The van der Waals surface area contributed by atoms with Crippen molar-refractivity contribution >= 4 is 37.7 Å². The second-order valence-electron chi connectivity index (χ2n) is 2.85. The van der Waals surface area contributed by atoms with E-state index in [0.717, 1.165) is 3.80 Å². The first-order valence-electron chi connectivity index (χ1n) is 4.13. The van der Waals surface area contributed by atoms with Crippen molar-refractivity contribution in [3.8, 4) is 11.3 Å². The molecule has 0 radical (unpaired) electrons. The second kappa shape index (κ2) is 4.12. The number of benzene rings is 1. The van der Waals surface area contributed by atoms with Crippen LogP contribution in [0.1, 0.15) is 0 Å². The van der Waals surface area contributed by atoms with Crippen molar-refractivity contribution in [2.75, 3.05) is 0 Å². The van der Waals surface area contributed by atoms with Crippen LogP contribution in [0.25, 0.3) is 11.3 Å². The van der Waals surface area contributed by atoms with E-state index in [9.17, 15) is 10.1 Å². The Labute approximate surface area is 98.6 Å². The summed E-state index contributed by atoms with van der Waals surface area (Å²) in [6.45, 7) is 0. The quantitative estimate of drug-likeness (QED) is 0.468. The van der Waals surface area contributed by atoms with E-state index in [4.69, 9.17) is 0 Å². The summed E-state index contributed by atoms with van der Waals surface area (Å²) < 4.78 is 0.968. The van der Waals surface area contributed by atoms with E-state index in [1.807, 2.05) is 5.38 Å². The number of nitro benzene ring substituents is 1. The van der Waals surface area contributed by atoms with Gasteiger partial charge in [0.25, 0.3) is 0 Å². The van der Waals surface area contributed by atoms with Gasteiger partial charge in [-0.3, -0.25) is 0 Å². The summed E-state index contributed by atoms with van der Waals surface area (Å²) in [4.78, 5) is 14.7. The van der Waals surface area contributed by atoms with Crippen LogP contribution in [0.15, 0.2) is 29.6 Å². The van der Waals surface area contributed by atoms with Crippen LogP contribution in [0.3, 0.4) is 0 Å². The van der Waals surface area contributed by atoms with Gasteiger partial charge in [-0.05, 0) is 0 Å². The average Bonchev–Trinajstić information content (AvgIpc) is 2.65. The first-order chi connectivity index (χ1) is 7.18. The summed E-state index contributed by atoms with van der Waals surface area (Å²) in [5.41, 5.74) is 1.38. The van der Waals surface area contributed by atoms with Crippen molar-refractivity contribution < 1.29 is 4.92 Å². The molecule has 6 heteroatoms. The molecule has 0 saturated carbocycles. The van der Waals surface area contributed by atoms with Gasteiger partial charge in [0.05, 0.1) is 0 Å². The Morgan fingerprint density at radius 3 is 2.73 bits per heavy atom. The Hall–Kier alpha value is -1.19. The van der Waals surface area contributed by atoms with Crippen LogP contribution in [0.5, 0.6) is 0 Å². The standard InChI is InChI=1S/C9H7AsN2O2S/c10-9-11-7(5-15-9)6-3-1-2-4-8(6)12(13)14/h1-5H,10H2. The van der Waals surface area contributed by atoms with Gasteiger partial charge in [-0.2, -0.15) is 0 Å². The predicted octanol–water partition coefficient (Wildman–Crippen LogP) is 0.977. The monoisotopic (exact) mass is 282 g/mol. The molecular formula is C9H7AsN2O2S. The molecule has 0 fully saturated rings. The molecule has 0 saturated heterocycles. The number of hydrogen-bond acceptors (Lipinski definition) is 4. The van der Waals surface area contributed by atoms with Crippen LogP contribution >= 0.6 is 11.3 Å². The Morgan fingerprint density at radius 1 is 1.40 bits per heavy atom. The van der Waals surface area contributed by atoms with Crippen molar-refractivity contribution in [2.24, 2.45) is 0 Å². The molecule has 1 atom stereocenters. The van der Waals surface area contributed by atoms with Crippen molar-refractivity contribution in [1.82, 2.24) is 4.98 Å². The zero-order chi connectivity index (χ0) is 10.8. The number of hydrogen-bond donors (Lipinski definition) is 0. The molecule has 1 aromatic heterocycles. The van der Waals surface area contributed by atoms with Crippen LogP contribution < -0.4 is 3.80 Å². The zero-order valence-corrected chi connectivity index (χ0v) is 10.8. The van der Waals surface area contributed by atoms with E-state index in [1.165, 1.54) is 34.3 Å². The number of thiazole rings is 1. The molecule has 1 unspecified atom stereocenters. The third kappa shape index (κ3) is 2.08. The molecule has 1 heterocycles. The SMILES string of the molecule is O=[N+]([O-])c1ccccc1-c1csc([AsH2])n1. The summed E-state index contributed by atoms with van der Waals surface area (Å²) in [7, 11) is 0. The van der Waals surface area contributed by atoms with Crippen LogP contribution in [0.4, 0.5) is 5.69 Å². The first kappa shape index (κ1) is 10.3. The van der Waals surface area contributed by atoms with Crippen molar-refractivity contribution in [1.29, 1.82) is 0 Å². The van der Waals surface area contributed by atoms with Gasteiger partial charge in [-0.25, -0.2) is 0 Å². The number of nitrogens with zero attached hydrogens (tertiary/aromatic N) is 2. The molecule has 0 aliphatic carbocycles. The third-order valence-corrected chi connectivity index (χ3v) is 3.70. The topological polar surface area (TPSA) is 56.0 Å². The predicted molar refractivity (Wildman–Crippen MR) is 62.4 cm³/mol. The Morgan fingerprint density at radius 2 is 2.13 bits per heavy atom. The van der Waals surface area contributed by atoms with Crippen LogP contribution in [-0.4, -0.2) is 26.8 Å². The van der Waals surface area contributed by atoms with E-state index < -0.39 is 0 Å². The zero-order valence-electron chi connectivity index (χ0n) is 7.58. The fraction of sp³-hybridized carbons (Fsp3) is 0. The number of rotatable bonds is 2.